The van der Waals surface area contributed by atoms with Crippen LogP contribution in [0, 0.1) is 5.92 Å². The van der Waals surface area contributed by atoms with E-state index in [1.807, 2.05) is 55.6 Å². The Hall–Kier alpha value is -5.54. The number of nitrogen functional groups attached to an aromatic ring is 1. The van der Waals surface area contributed by atoms with Crippen molar-refractivity contribution in [2.24, 2.45) is 5.92 Å². The number of anilines is 2. The first kappa shape index (κ1) is 30.1. The maximum atomic E-state index is 11.0. The number of phenols is 1. The number of phenolic OH excluding ortho intramolecular Hbond substituents is 1. The first-order valence-corrected chi connectivity index (χ1v) is 15.9. The van der Waals surface area contributed by atoms with Gasteiger partial charge in [0.2, 0.25) is 0 Å². The van der Waals surface area contributed by atoms with Crippen LogP contribution in [0.25, 0.3) is 39.5 Å². The summed E-state index contributed by atoms with van der Waals surface area (Å²) in [5.74, 6) is 1.76. The van der Waals surface area contributed by atoms with Gasteiger partial charge in [0, 0.05) is 55.9 Å². The molecule has 7 rings (SSSR count). The molecule has 3 N–H and O–H groups in total. The van der Waals surface area contributed by atoms with Gasteiger partial charge in [0.25, 0.3) is 0 Å². The van der Waals surface area contributed by atoms with Gasteiger partial charge in [-0.3, -0.25) is 14.3 Å². The third-order valence-corrected chi connectivity index (χ3v) is 9.08. The fraction of sp³-hybridized carbons (Fsp3) is 0.211. The van der Waals surface area contributed by atoms with Crippen LogP contribution in [-0.2, 0) is 6.54 Å². The topological polar surface area (TPSA) is 113 Å². The second kappa shape index (κ2) is 13.1. The minimum Gasteiger partial charge on any atom is -0.507 e. The van der Waals surface area contributed by atoms with E-state index in [1.165, 1.54) is 5.56 Å². The summed E-state index contributed by atoms with van der Waals surface area (Å²) in [5, 5.41) is 10.1. The monoisotopic (exact) mass is 623 g/mol. The van der Waals surface area contributed by atoms with E-state index in [-0.39, 0.29) is 5.75 Å². The Bertz CT molecular complexity index is 2020. The molecule has 47 heavy (non-hydrogen) atoms. The van der Waals surface area contributed by atoms with E-state index in [1.54, 1.807) is 18.3 Å². The van der Waals surface area contributed by atoms with Crippen LogP contribution in [0.3, 0.4) is 0 Å². The van der Waals surface area contributed by atoms with Gasteiger partial charge in [-0.15, -0.1) is 0 Å². The van der Waals surface area contributed by atoms with E-state index in [4.69, 9.17) is 15.7 Å². The molecule has 236 valence electrons. The average molecular weight is 624 g/mol. The predicted molar refractivity (Wildman–Crippen MR) is 187 cm³/mol. The maximum Gasteiger partial charge on any atom is 0.165 e. The molecule has 3 aromatic heterocycles. The Kier molecular flexibility index (Phi) is 8.37. The summed E-state index contributed by atoms with van der Waals surface area (Å²) in [7, 11) is 2.03. The maximum absolute atomic E-state index is 11.0. The zero-order valence-electron chi connectivity index (χ0n) is 26.3. The van der Waals surface area contributed by atoms with Crippen molar-refractivity contribution in [1.29, 1.82) is 0 Å². The third kappa shape index (κ3) is 6.30. The Morgan fingerprint density at radius 2 is 1.81 bits per heavy atom. The van der Waals surface area contributed by atoms with Crippen molar-refractivity contribution in [3.8, 4) is 34.1 Å². The third-order valence-electron chi connectivity index (χ3n) is 9.08. The van der Waals surface area contributed by atoms with Crippen molar-refractivity contribution < 1.29 is 9.90 Å². The second-order valence-corrected chi connectivity index (χ2v) is 12.2. The van der Waals surface area contributed by atoms with Crippen LogP contribution < -0.4 is 10.6 Å². The number of imidazole rings is 1. The van der Waals surface area contributed by atoms with Crippen LogP contribution in [0.5, 0.6) is 5.75 Å². The Labute approximate surface area is 274 Å². The second-order valence-electron chi connectivity index (χ2n) is 12.2. The molecule has 1 unspecified atom stereocenters. The fourth-order valence-corrected chi connectivity index (χ4v) is 6.43. The number of rotatable bonds is 10. The van der Waals surface area contributed by atoms with E-state index < -0.39 is 0 Å². The smallest absolute Gasteiger partial charge is 0.165 e. The number of carbonyl (C=O) groups is 1. The summed E-state index contributed by atoms with van der Waals surface area (Å²) in [6, 6.07) is 31.9. The number of aldehydes is 1. The van der Waals surface area contributed by atoms with Gasteiger partial charge in [0.15, 0.2) is 17.8 Å². The number of fused-ring (bicyclic) bond motifs is 1. The molecule has 6 aromatic rings. The van der Waals surface area contributed by atoms with Gasteiger partial charge in [-0.2, -0.15) is 0 Å². The molecule has 1 aliphatic heterocycles. The molecule has 1 atom stereocenters. The van der Waals surface area contributed by atoms with Crippen LogP contribution in [0.2, 0.25) is 0 Å². The molecular formula is C38H37N7O2. The first-order valence-electron chi connectivity index (χ1n) is 15.9. The fourth-order valence-electron chi connectivity index (χ4n) is 6.43. The quantitative estimate of drug-likeness (QED) is 0.164. The summed E-state index contributed by atoms with van der Waals surface area (Å²) in [5.41, 5.74) is 14.0. The SMILES string of the molecule is CN(CCC1CCN(Cc2ccc(-n3c(-c4cccnc4N)nc4ccc(-c5ccccc5)nc43)cc2)C1)c1ccc(C=O)c(O)c1. The average Bonchev–Trinajstić information content (AvgIpc) is 3.72. The summed E-state index contributed by atoms with van der Waals surface area (Å²) in [6.45, 7) is 3.88. The number of benzene rings is 3. The van der Waals surface area contributed by atoms with Crippen molar-refractivity contribution in [2.45, 2.75) is 19.4 Å². The molecule has 9 nitrogen and oxygen atoms in total. The standard InChI is InChI=1S/C38H37N7O2/c1-43(31-14-11-29(25-46)35(47)22-31)20-17-27-18-21-44(24-27)23-26-9-12-30(13-10-26)45-37(32-8-5-19-40-36(32)39)42-34-16-15-33(41-38(34)45)28-6-3-2-4-7-28/h2-16,19,22,25,27,47H,17-18,20-21,23-24H2,1H3,(H2,39,40). The van der Waals surface area contributed by atoms with Crippen LogP contribution in [0.1, 0.15) is 28.8 Å². The van der Waals surface area contributed by atoms with E-state index in [0.717, 1.165) is 78.4 Å². The van der Waals surface area contributed by atoms with Crippen molar-refractivity contribution in [2.75, 3.05) is 37.3 Å². The van der Waals surface area contributed by atoms with E-state index in [0.29, 0.717) is 29.4 Å². The molecule has 0 aliphatic carbocycles. The lowest BCUT2D eigenvalue weighted by molar-refractivity contribution is 0.112. The number of aromatic hydroxyl groups is 1. The number of aromatic nitrogens is 4. The number of nitrogens with zero attached hydrogens (tertiary/aromatic N) is 6. The van der Waals surface area contributed by atoms with Crippen molar-refractivity contribution in [3.63, 3.8) is 0 Å². The van der Waals surface area contributed by atoms with Gasteiger partial charge in [-0.25, -0.2) is 15.0 Å². The highest BCUT2D eigenvalue weighted by molar-refractivity contribution is 5.84. The largest absolute Gasteiger partial charge is 0.507 e. The molecule has 0 saturated carbocycles. The Morgan fingerprint density at radius 3 is 2.57 bits per heavy atom. The number of pyridine rings is 2. The highest BCUT2D eigenvalue weighted by Crippen LogP contribution is 2.32. The lowest BCUT2D eigenvalue weighted by Crippen LogP contribution is -2.23. The first-order chi connectivity index (χ1) is 23.0. The summed E-state index contributed by atoms with van der Waals surface area (Å²) in [4.78, 5) is 30.1. The Morgan fingerprint density at radius 1 is 0.979 bits per heavy atom. The number of hydrogen-bond donors (Lipinski definition) is 2. The van der Waals surface area contributed by atoms with E-state index in [9.17, 15) is 9.90 Å². The van der Waals surface area contributed by atoms with Crippen molar-refractivity contribution in [3.05, 3.63) is 114 Å². The predicted octanol–water partition coefficient (Wildman–Crippen LogP) is 6.60. The number of hydrogen-bond acceptors (Lipinski definition) is 8. The number of nitrogens with two attached hydrogens (primary N) is 1. The summed E-state index contributed by atoms with van der Waals surface area (Å²) < 4.78 is 2.08. The minimum absolute atomic E-state index is 0.0225. The summed E-state index contributed by atoms with van der Waals surface area (Å²) in [6.07, 6.45) is 4.59. The molecule has 1 fully saturated rings. The normalized spacial score (nSPS) is 14.9. The van der Waals surface area contributed by atoms with E-state index in [2.05, 4.69) is 55.7 Å². The van der Waals surface area contributed by atoms with Gasteiger partial charge in [-0.05, 0) is 79.4 Å². The molecular weight excluding hydrogens is 586 g/mol. The van der Waals surface area contributed by atoms with Crippen molar-refractivity contribution in [1.82, 2.24) is 24.4 Å². The van der Waals surface area contributed by atoms with E-state index >= 15 is 0 Å². The Balaban J connectivity index is 1.08. The van der Waals surface area contributed by atoms with Crippen molar-refractivity contribution >= 4 is 29.0 Å². The highest BCUT2D eigenvalue weighted by Gasteiger charge is 2.23. The van der Waals surface area contributed by atoms with Gasteiger partial charge in [0.1, 0.15) is 17.1 Å². The molecule has 3 aromatic carbocycles. The number of likely N-dealkylation sites (tertiary alicyclic amines) is 1. The molecule has 9 heteroatoms. The lowest BCUT2D eigenvalue weighted by Gasteiger charge is -2.22. The molecule has 4 heterocycles. The van der Waals surface area contributed by atoms with Crippen LogP contribution in [-0.4, -0.2) is 62.5 Å². The van der Waals surface area contributed by atoms with Crippen LogP contribution >= 0.6 is 0 Å². The zero-order chi connectivity index (χ0) is 32.3. The van der Waals surface area contributed by atoms with Gasteiger partial charge in [0.05, 0.1) is 16.8 Å². The number of carbonyl (C=O) groups excluding carboxylic acids is 1. The molecule has 0 spiro atoms. The van der Waals surface area contributed by atoms with Crippen LogP contribution in [0.15, 0.2) is 103 Å². The van der Waals surface area contributed by atoms with Gasteiger partial charge in [-0.1, -0.05) is 42.5 Å². The van der Waals surface area contributed by atoms with Crippen LogP contribution in [0.4, 0.5) is 11.5 Å². The highest BCUT2D eigenvalue weighted by atomic mass is 16.3. The lowest BCUT2D eigenvalue weighted by atomic mass is 10.0. The molecule has 0 radical (unpaired) electrons. The molecule has 1 saturated heterocycles. The molecule has 0 amide bonds. The van der Waals surface area contributed by atoms with Gasteiger partial charge < -0.3 is 15.7 Å². The minimum atomic E-state index is 0.0225. The molecule has 0 bridgehead atoms. The van der Waals surface area contributed by atoms with Gasteiger partial charge >= 0.3 is 0 Å². The summed E-state index contributed by atoms with van der Waals surface area (Å²) >= 11 is 0. The zero-order valence-corrected chi connectivity index (χ0v) is 26.3. The molecule has 1 aliphatic rings.